The van der Waals surface area contributed by atoms with E-state index in [-0.39, 0.29) is 0 Å². The smallest absolute Gasteiger partial charge is 0.0719 e. The third-order valence-electron chi connectivity index (χ3n) is 0.957. The Labute approximate surface area is 88.6 Å². The lowest BCUT2D eigenvalue weighted by atomic mass is 10.0. The summed E-state index contributed by atoms with van der Waals surface area (Å²) in [5.41, 5.74) is 0.500. The summed E-state index contributed by atoms with van der Waals surface area (Å²) in [5.74, 6) is 0. The Kier molecular flexibility index (Phi) is 12.0. The SMILES string of the molecule is C1CNCCN1.C=CO.CC(C)(C)C. The molecule has 0 atom stereocenters. The monoisotopic (exact) mass is 202 g/mol. The van der Waals surface area contributed by atoms with E-state index < -0.39 is 0 Å². The van der Waals surface area contributed by atoms with Crippen molar-refractivity contribution in [3.8, 4) is 0 Å². The minimum atomic E-state index is 0.500. The van der Waals surface area contributed by atoms with Gasteiger partial charge in [0.15, 0.2) is 0 Å². The van der Waals surface area contributed by atoms with Gasteiger partial charge in [0.25, 0.3) is 0 Å². The predicted octanol–water partition coefficient (Wildman–Crippen LogP) is 1.92. The fraction of sp³-hybridized carbons (Fsp3) is 0.818. The van der Waals surface area contributed by atoms with Gasteiger partial charge in [0.2, 0.25) is 0 Å². The molecule has 0 aliphatic carbocycles. The molecule has 1 rings (SSSR count). The van der Waals surface area contributed by atoms with E-state index in [4.69, 9.17) is 5.11 Å². The lowest BCUT2D eigenvalue weighted by molar-refractivity contribution is 0.469. The Hall–Kier alpha value is -0.540. The molecule has 86 valence electrons. The highest BCUT2D eigenvalue weighted by molar-refractivity contribution is 4.59. The molecule has 1 fully saturated rings. The Balaban J connectivity index is 0. The van der Waals surface area contributed by atoms with Crippen molar-refractivity contribution in [1.29, 1.82) is 0 Å². The molecule has 0 aromatic heterocycles. The van der Waals surface area contributed by atoms with Crippen molar-refractivity contribution in [3.63, 3.8) is 0 Å². The lowest BCUT2D eigenvalue weighted by Gasteiger charge is -2.11. The second-order valence-electron chi connectivity index (χ2n) is 4.68. The van der Waals surface area contributed by atoms with E-state index in [0.29, 0.717) is 5.41 Å². The van der Waals surface area contributed by atoms with Crippen LogP contribution in [0, 0.1) is 5.41 Å². The molecule has 0 aromatic carbocycles. The largest absolute Gasteiger partial charge is 0.516 e. The van der Waals surface area contributed by atoms with Gasteiger partial charge in [-0.25, -0.2) is 0 Å². The summed E-state index contributed by atoms with van der Waals surface area (Å²) >= 11 is 0. The molecule has 14 heavy (non-hydrogen) atoms. The first-order chi connectivity index (χ1) is 6.41. The summed E-state index contributed by atoms with van der Waals surface area (Å²) in [6.07, 6.45) is 0.750. The fourth-order valence-corrected chi connectivity index (χ4v) is 0.604. The van der Waals surface area contributed by atoms with E-state index >= 15 is 0 Å². The molecule has 3 heteroatoms. The van der Waals surface area contributed by atoms with Gasteiger partial charge in [0.05, 0.1) is 6.26 Å². The van der Waals surface area contributed by atoms with Gasteiger partial charge in [-0.3, -0.25) is 0 Å². The number of aliphatic hydroxyl groups excluding tert-OH is 1. The minimum absolute atomic E-state index is 0.500. The van der Waals surface area contributed by atoms with Crippen LogP contribution in [0.25, 0.3) is 0 Å². The first-order valence-electron chi connectivity index (χ1n) is 5.08. The second-order valence-corrected chi connectivity index (χ2v) is 4.68. The van der Waals surface area contributed by atoms with E-state index in [1.165, 1.54) is 0 Å². The van der Waals surface area contributed by atoms with Crippen LogP contribution >= 0.6 is 0 Å². The van der Waals surface area contributed by atoms with E-state index in [1.807, 2.05) is 0 Å². The quantitative estimate of drug-likeness (QED) is 0.526. The van der Waals surface area contributed by atoms with Gasteiger partial charge in [-0.05, 0) is 5.41 Å². The van der Waals surface area contributed by atoms with Crippen LogP contribution in [0.2, 0.25) is 0 Å². The van der Waals surface area contributed by atoms with Gasteiger partial charge in [-0.15, -0.1) is 0 Å². The molecule has 3 nitrogen and oxygen atoms in total. The minimum Gasteiger partial charge on any atom is -0.516 e. The van der Waals surface area contributed by atoms with Crippen molar-refractivity contribution < 1.29 is 5.11 Å². The Bertz CT molecular complexity index is 97.4. The van der Waals surface area contributed by atoms with Crippen LogP contribution in [-0.4, -0.2) is 31.3 Å². The number of hydrogen-bond donors (Lipinski definition) is 3. The summed E-state index contributed by atoms with van der Waals surface area (Å²) in [6.45, 7) is 16.2. The van der Waals surface area contributed by atoms with Gasteiger partial charge >= 0.3 is 0 Å². The maximum absolute atomic E-state index is 7.33. The average Bonchev–Trinajstić information content (AvgIpc) is 2.06. The summed E-state index contributed by atoms with van der Waals surface area (Å²) in [4.78, 5) is 0. The van der Waals surface area contributed by atoms with Crippen molar-refractivity contribution in [2.24, 2.45) is 5.41 Å². The number of hydrogen-bond acceptors (Lipinski definition) is 3. The van der Waals surface area contributed by atoms with Crippen molar-refractivity contribution in [2.75, 3.05) is 26.2 Å². The highest BCUT2D eigenvalue weighted by atomic mass is 16.2. The van der Waals surface area contributed by atoms with Crippen LogP contribution in [0.4, 0.5) is 0 Å². The normalized spacial score (nSPS) is 15.4. The molecule has 0 aromatic rings. The molecule has 1 saturated heterocycles. The van der Waals surface area contributed by atoms with E-state index in [2.05, 4.69) is 44.9 Å². The Morgan fingerprint density at radius 3 is 1.21 bits per heavy atom. The van der Waals surface area contributed by atoms with Crippen LogP contribution in [0.5, 0.6) is 0 Å². The predicted molar refractivity (Wildman–Crippen MR) is 63.7 cm³/mol. The zero-order valence-electron chi connectivity index (χ0n) is 10.1. The number of rotatable bonds is 0. The third-order valence-corrected chi connectivity index (χ3v) is 0.957. The summed E-state index contributed by atoms with van der Waals surface area (Å²) < 4.78 is 0. The lowest BCUT2D eigenvalue weighted by Crippen LogP contribution is -2.39. The van der Waals surface area contributed by atoms with Crippen LogP contribution in [0.15, 0.2) is 12.8 Å². The fourth-order valence-electron chi connectivity index (χ4n) is 0.604. The topological polar surface area (TPSA) is 44.3 Å². The average molecular weight is 202 g/mol. The third kappa shape index (κ3) is 42.1. The van der Waals surface area contributed by atoms with Gasteiger partial charge < -0.3 is 15.7 Å². The maximum Gasteiger partial charge on any atom is 0.0719 e. The molecule has 3 N–H and O–H groups in total. The first kappa shape index (κ1) is 15.9. The molecule has 0 unspecified atom stereocenters. The highest BCUT2D eigenvalue weighted by Crippen LogP contribution is 2.07. The van der Waals surface area contributed by atoms with Crippen LogP contribution in [-0.2, 0) is 0 Å². The number of nitrogens with one attached hydrogen (secondary N) is 2. The molecule has 0 amide bonds. The zero-order valence-corrected chi connectivity index (χ0v) is 10.1. The Morgan fingerprint density at radius 2 is 1.14 bits per heavy atom. The zero-order chi connectivity index (χ0) is 11.4. The summed E-state index contributed by atoms with van der Waals surface area (Å²) in [5, 5.41) is 13.8. The van der Waals surface area contributed by atoms with Crippen molar-refractivity contribution in [3.05, 3.63) is 12.8 Å². The van der Waals surface area contributed by atoms with Crippen LogP contribution in [0.1, 0.15) is 27.7 Å². The molecule has 1 aliphatic heterocycles. The number of aliphatic hydroxyl groups is 1. The first-order valence-corrected chi connectivity index (χ1v) is 5.08. The number of piperazine rings is 1. The van der Waals surface area contributed by atoms with Crippen LogP contribution < -0.4 is 10.6 Å². The molecule has 0 radical (unpaired) electrons. The summed E-state index contributed by atoms with van der Waals surface area (Å²) in [6, 6.07) is 0. The van der Waals surface area contributed by atoms with E-state index in [1.54, 1.807) is 0 Å². The molecule has 1 heterocycles. The Morgan fingerprint density at radius 1 is 1.00 bits per heavy atom. The molecule has 0 bridgehead atoms. The van der Waals surface area contributed by atoms with Gasteiger partial charge in [-0.2, -0.15) is 0 Å². The standard InChI is InChI=1S/C5H12.C4H10N2.C2H4O/c1-5(2,3)4;1-2-6-4-3-5-1;1-2-3/h1-4H3;5-6H,1-4H2;2-3H,1H2. The van der Waals surface area contributed by atoms with Gasteiger partial charge in [0.1, 0.15) is 0 Å². The van der Waals surface area contributed by atoms with Crippen molar-refractivity contribution in [1.82, 2.24) is 10.6 Å². The molecule has 1 aliphatic rings. The highest BCUT2D eigenvalue weighted by Gasteiger charge is 1.95. The second kappa shape index (κ2) is 10.5. The molecular formula is C11H26N2O. The van der Waals surface area contributed by atoms with Crippen molar-refractivity contribution in [2.45, 2.75) is 27.7 Å². The van der Waals surface area contributed by atoms with Gasteiger partial charge in [-0.1, -0.05) is 34.3 Å². The molecule has 0 spiro atoms. The van der Waals surface area contributed by atoms with E-state index in [0.717, 1.165) is 32.4 Å². The van der Waals surface area contributed by atoms with E-state index in [9.17, 15) is 0 Å². The molecule has 0 saturated carbocycles. The maximum atomic E-state index is 7.33. The van der Waals surface area contributed by atoms with Crippen molar-refractivity contribution >= 4 is 0 Å². The summed E-state index contributed by atoms with van der Waals surface area (Å²) in [7, 11) is 0. The van der Waals surface area contributed by atoms with Crippen LogP contribution in [0.3, 0.4) is 0 Å². The van der Waals surface area contributed by atoms with Gasteiger partial charge in [0, 0.05) is 26.2 Å². The molecular weight excluding hydrogens is 176 g/mol.